The monoisotopic (exact) mass is 336 g/mol. The van der Waals surface area contributed by atoms with Crippen LogP contribution in [0, 0.1) is 0 Å². The molecule has 2 N–H and O–H groups in total. The second kappa shape index (κ2) is 10.3. The van der Waals surface area contributed by atoms with E-state index in [0.717, 1.165) is 11.3 Å². The van der Waals surface area contributed by atoms with Gasteiger partial charge in [-0.2, -0.15) is 0 Å². The molecule has 24 heavy (non-hydrogen) atoms. The highest BCUT2D eigenvalue weighted by atomic mass is 16.5. The number of likely N-dealkylation sites (N-methyl/N-ethyl adjacent to an activating group) is 1. The molecule has 0 heterocycles. The van der Waals surface area contributed by atoms with E-state index in [1.807, 2.05) is 24.3 Å². The van der Waals surface area contributed by atoms with E-state index in [-0.39, 0.29) is 12.3 Å². The van der Waals surface area contributed by atoms with Gasteiger partial charge >= 0.3 is 5.97 Å². The first-order valence-corrected chi connectivity index (χ1v) is 7.81. The smallest absolute Gasteiger partial charge is 0.306 e. The van der Waals surface area contributed by atoms with Crippen LogP contribution < -0.4 is 15.4 Å². The number of aryl methyl sites for hydroxylation is 1. The summed E-state index contributed by atoms with van der Waals surface area (Å²) in [5.41, 5.74) is 0.974. The van der Waals surface area contributed by atoms with E-state index in [4.69, 9.17) is 9.47 Å². The minimum Gasteiger partial charge on any atom is -0.497 e. The van der Waals surface area contributed by atoms with Crippen LogP contribution in [0.2, 0.25) is 0 Å². The molecule has 0 unspecified atom stereocenters. The molecule has 0 spiro atoms. The number of ether oxygens (including phenoxy) is 2. The highest BCUT2D eigenvalue weighted by Gasteiger charge is 2.15. The lowest BCUT2D eigenvalue weighted by Crippen LogP contribution is -2.46. The molecule has 7 heteroatoms. The predicted molar refractivity (Wildman–Crippen MR) is 88.6 cm³/mol. The molecule has 0 radical (unpaired) electrons. The molecule has 1 aromatic carbocycles. The number of esters is 1. The number of hydrogen-bond donors (Lipinski definition) is 2. The fourth-order valence-electron chi connectivity index (χ4n) is 1.93. The molecule has 0 aromatic heterocycles. The maximum atomic E-state index is 11.7. The topological polar surface area (TPSA) is 93.7 Å². The van der Waals surface area contributed by atoms with Crippen LogP contribution in [0.15, 0.2) is 24.3 Å². The van der Waals surface area contributed by atoms with Gasteiger partial charge in [0.05, 0.1) is 7.11 Å². The Kier molecular flexibility index (Phi) is 8.32. The van der Waals surface area contributed by atoms with Crippen LogP contribution in [0.1, 0.15) is 25.8 Å². The molecule has 1 rings (SSSR count). The van der Waals surface area contributed by atoms with Crippen LogP contribution in [0.3, 0.4) is 0 Å². The Hall–Kier alpha value is -2.57. The lowest BCUT2D eigenvalue weighted by molar-refractivity contribution is -0.148. The zero-order chi connectivity index (χ0) is 17.9. The highest BCUT2D eigenvalue weighted by Crippen LogP contribution is 2.12. The molecule has 7 nitrogen and oxygen atoms in total. The molecule has 2 amide bonds. The SMILES string of the molecule is CCNC(=O)[C@H](C)NC(=O)COC(=O)CCc1ccc(OC)cc1. The summed E-state index contributed by atoms with van der Waals surface area (Å²) in [6, 6.07) is 6.70. The van der Waals surface area contributed by atoms with Crippen molar-refractivity contribution >= 4 is 17.8 Å². The molecule has 0 fully saturated rings. The van der Waals surface area contributed by atoms with Crippen molar-refractivity contribution in [2.45, 2.75) is 32.7 Å². The van der Waals surface area contributed by atoms with Gasteiger partial charge in [-0.05, 0) is 38.0 Å². The van der Waals surface area contributed by atoms with Crippen LogP contribution in [0.4, 0.5) is 0 Å². The van der Waals surface area contributed by atoms with E-state index in [1.54, 1.807) is 21.0 Å². The first kappa shape index (κ1) is 19.5. The van der Waals surface area contributed by atoms with Crippen LogP contribution in [0.25, 0.3) is 0 Å². The molecule has 0 aliphatic heterocycles. The number of carbonyl (C=O) groups is 3. The number of rotatable bonds is 9. The summed E-state index contributed by atoms with van der Waals surface area (Å²) in [5.74, 6) is -0.505. The minimum atomic E-state index is -0.671. The summed E-state index contributed by atoms with van der Waals surface area (Å²) in [4.78, 5) is 34.8. The van der Waals surface area contributed by atoms with Crippen LogP contribution in [-0.2, 0) is 25.5 Å². The van der Waals surface area contributed by atoms with Crippen molar-refractivity contribution in [3.05, 3.63) is 29.8 Å². The zero-order valence-corrected chi connectivity index (χ0v) is 14.3. The normalized spacial score (nSPS) is 11.3. The van der Waals surface area contributed by atoms with Gasteiger partial charge in [0, 0.05) is 13.0 Å². The van der Waals surface area contributed by atoms with Gasteiger partial charge in [0.1, 0.15) is 11.8 Å². The van der Waals surface area contributed by atoms with Crippen molar-refractivity contribution in [1.82, 2.24) is 10.6 Å². The molecule has 1 aromatic rings. The van der Waals surface area contributed by atoms with Crippen molar-refractivity contribution in [1.29, 1.82) is 0 Å². The first-order valence-electron chi connectivity index (χ1n) is 7.81. The number of nitrogens with one attached hydrogen (secondary N) is 2. The van der Waals surface area contributed by atoms with Crippen LogP contribution in [0.5, 0.6) is 5.75 Å². The van der Waals surface area contributed by atoms with E-state index >= 15 is 0 Å². The van der Waals surface area contributed by atoms with E-state index in [1.165, 1.54) is 0 Å². The highest BCUT2D eigenvalue weighted by molar-refractivity contribution is 5.88. The van der Waals surface area contributed by atoms with Gasteiger partial charge in [0.2, 0.25) is 5.91 Å². The van der Waals surface area contributed by atoms with Gasteiger partial charge in [-0.25, -0.2) is 0 Å². The molecule has 1 atom stereocenters. The number of benzene rings is 1. The predicted octanol–water partition coefficient (Wildman–Crippen LogP) is 0.812. The molecule has 0 saturated heterocycles. The minimum absolute atomic E-state index is 0.172. The fourth-order valence-corrected chi connectivity index (χ4v) is 1.93. The van der Waals surface area contributed by atoms with E-state index in [0.29, 0.717) is 13.0 Å². The molecule has 0 bridgehead atoms. The summed E-state index contributed by atoms with van der Waals surface area (Å²) in [7, 11) is 1.59. The molecular weight excluding hydrogens is 312 g/mol. The third-order valence-corrected chi connectivity index (χ3v) is 3.26. The zero-order valence-electron chi connectivity index (χ0n) is 14.3. The van der Waals surface area contributed by atoms with Crippen molar-refractivity contribution in [2.75, 3.05) is 20.3 Å². The molecule has 132 valence electrons. The van der Waals surface area contributed by atoms with E-state index < -0.39 is 24.5 Å². The summed E-state index contributed by atoms with van der Waals surface area (Å²) in [6.45, 7) is 3.44. The van der Waals surface area contributed by atoms with Gasteiger partial charge in [-0.15, -0.1) is 0 Å². The van der Waals surface area contributed by atoms with Crippen molar-refractivity contribution in [2.24, 2.45) is 0 Å². The average Bonchev–Trinajstić information content (AvgIpc) is 2.58. The number of carbonyl (C=O) groups excluding carboxylic acids is 3. The molecule has 0 aliphatic carbocycles. The third kappa shape index (κ3) is 7.13. The molecule has 0 saturated carbocycles. The van der Waals surface area contributed by atoms with Crippen LogP contribution >= 0.6 is 0 Å². The summed E-state index contributed by atoms with van der Waals surface area (Å²) in [5, 5.41) is 5.06. The Labute approximate surface area is 141 Å². The van der Waals surface area contributed by atoms with Gasteiger partial charge in [0.25, 0.3) is 5.91 Å². The quantitative estimate of drug-likeness (QED) is 0.651. The Morgan fingerprint density at radius 1 is 1.17 bits per heavy atom. The summed E-state index contributed by atoms with van der Waals surface area (Å²) >= 11 is 0. The van der Waals surface area contributed by atoms with Crippen molar-refractivity contribution in [3.63, 3.8) is 0 Å². The Morgan fingerprint density at radius 3 is 2.42 bits per heavy atom. The molecular formula is C17H24N2O5. The second-order valence-electron chi connectivity index (χ2n) is 5.19. The number of hydrogen-bond acceptors (Lipinski definition) is 5. The molecule has 0 aliphatic rings. The third-order valence-electron chi connectivity index (χ3n) is 3.26. The van der Waals surface area contributed by atoms with Crippen molar-refractivity contribution in [3.8, 4) is 5.75 Å². The van der Waals surface area contributed by atoms with Gasteiger partial charge in [0.15, 0.2) is 6.61 Å². The van der Waals surface area contributed by atoms with Gasteiger partial charge < -0.3 is 20.1 Å². The lowest BCUT2D eigenvalue weighted by atomic mass is 10.1. The Bertz CT molecular complexity index is 557. The first-order chi connectivity index (χ1) is 11.5. The van der Waals surface area contributed by atoms with Crippen molar-refractivity contribution < 1.29 is 23.9 Å². The van der Waals surface area contributed by atoms with Gasteiger partial charge in [-0.1, -0.05) is 12.1 Å². The van der Waals surface area contributed by atoms with Crippen LogP contribution in [-0.4, -0.2) is 44.1 Å². The Balaban J connectivity index is 2.27. The lowest BCUT2D eigenvalue weighted by Gasteiger charge is -2.13. The maximum absolute atomic E-state index is 11.7. The number of amides is 2. The fraction of sp³-hybridized carbons (Fsp3) is 0.471. The van der Waals surface area contributed by atoms with Gasteiger partial charge in [-0.3, -0.25) is 14.4 Å². The number of methoxy groups -OCH3 is 1. The largest absolute Gasteiger partial charge is 0.497 e. The Morgan fingerprint density at radius 2 is 1.83 bits per heavy atom. The maximum Gasteiger partial charge on any atom is 0.306 e. The van der Waals surface area contributed by atoms with E-state index in [9.17, 15) is 14.4 Å². The summed E-state index contributed by atoms with van der Waals surface area (Å²) < 4.78 is 9.96. The summed E-state index contributed by atoms with van der Waals surface area (Å²) in [6.07, 6.45) is 0.686. The second-order valence-corrected chi connectivity index (χ2v) is 5.19. The standard InChI is InChI=1S/C17H24N2O5/c1-4-18-17(22)12(2)19-15(20)11-24-16(21)10-7-13-5-8-14(23-3)9-6-13/h5-6,8-9,12H,4,7,10-11H2,1-3H3,(H,18,22)(H,19,20)/t12-/m0/s1. The average molecular weight is 336 g/mol. The van der Waals surface area contributed by atoms with E-state index in [2.05, 4.69) is 10.6 Å².